The highest BCUT2D eigenvalue weighted by Gasteiger charge is 2.42. The molecular weight excluding hydrogens is 1740 g/mol. The molecule has 12 aromatic rings. The predicted molar refractivity (Wildman–Crippen MR) is 545 cm³/mol. The third kappa shape index (κ3) is 20.5. The van der Waals surface area contributed by atoms with Crippen molar-refractivity contribution in [3.8, 4) is 34.5 Å². The number of likely N-dealkylation sites (N-methyl/N-ethyl adjacent to an activating group) is 2. The Labute approximate surface area is 808 Å². The molecule has 0 bridgehead atoms. The van der Waals surface area contributed by atoms with Gasteiger partial charge in [0.1, 0.15) is 46.1 Å². The first kappa shape index (κ1) is 95.4. The standard InChI is InChI=1S/C38H45N7O4.C36H43N7O3.C33H36N6O4/c1-26-7-6-8-27(2)36(26)44-25-29-24-39-35(40-37(29)45(38(44)46)33-10-9-32(47-4)23-34(33)48-5)21-28-19-30(42-13-11-41(3)12-14-42)22-31(20-28)43-15-17-49-18-16-43;1-7-40-15-17-41(18-16-40)22-27-11-12-29(19-26(27)4)38-35-37-21-28-23-42(33-24(2)9-8-10-25(33)3)36(44)43(34(28)39-35)31-14-13-30(45-5)20-32(31)46-6;1-21-7-6-8-22(2)30(21)38-20-24-19-34-32(35-25-9-11-27(23(3)17-25)37-13-15-43-16-14-37)36-31(24)39(33(38)40)28-12-10-26(41-4)18-29(28)42-5/h6-10,19-20,22-24H,11-18,21,25H2,1-5H3;8-14,19-21H,7,15-18,22-23H2,1-6H3,(H,37,38,39);6-12,17-19H,13-16,20H2,1-5H3,(H,34,35,36). The molecule has 0 radical (unpaired) electrons. The molecule has 6 amide bonds. The fourth-order valence-electron chi connectivity index (χ4n) is 19.3. The second-order valence-electron chi connectivity index (χ2n) is 35.8. The number of urea groups is 3. The highest BCUT2D eigenvalue weighted by Crippen LogP contribution is 2.48. The predicted octanol–water partition coefficient (Wildman–Crippen LogP) is 18.4. The van der Waals surface area contributed by atoms with Crippen LogP contribution in [0.3, 0.4) is 0 Å². The van der Waals surface area contributed by atoms with E-state index >= 15 is 0 Å². The summed E-state index contributed by atoms with van der Waals surface area (Å²) in [7, 11) is 11.7. The van der Waals surface area contributed by atoms with Crippen molar-refractivity contribution in [1.29, 1.82) is 0 Å². The van der Waals surface area contributed by atoms with Crippen molar-refractivity contribution >= 4 is 110 Å². The maximum Gasteiger partial charge on any atom is 0.335 e. The van der Waals surface area contributed by atoms with Crippen LogP contribution in [-0.4, -0.2) is 224 Å². The second kappa shape index (κ2) is 42.5. The van der Waals surface area contributed by atoms with Crippen LogP contribution >= 0.6 is 0 Å². The number of benzene rings is 9. The van der Waals surface area contributed by atoms with Gasteiger partial charge in [-0.05, 0) is 210 Å². The minimum absolute atomic E-state index is 0.204. The molecule has 19 rings (SSSR count). The van der Waals surface area contributed by atoms with Gasteiger partial charge in [0, 0.05) is 173 Å². The van der Waals surface area contributed by atoms with E-state index in [0.29, 0.717) is 113 Å². The molecule has 31 heteroatoms. The summed E-state index contributed by atoms with van der Waals surface area (Å²) in [4.78, 5) is 97.5. The number of morpholine rings is 2. The number of anilines is 16. The van der Waals surface area contributed by atoms with E-state index in [9.17, 15) is 14.4 Å². The number of para-hydroxylation sites is 3. The van der Waals surface area contributed by atoms with E-state index in [1.807, 2.05) is 150 Å². The Kier molecular flexibility index (Phi) is 29.4. The van der Waals surface area contributed by atoms with Crippen LogP contribution in [0.25, 0.3) is 0 Å². The average Bonchev–Trinajstić information content (AvgIpc) is 0.753. The number of nitrogens with zero attached hydrogens (tertiary/aromatic N) is 18. The molecule has 0 spiro atoms. The summed E-state index contributed by atoms with van der Waals surface area (Å²) in [6, 6.07) is 53.2. The molecule has 0 aliphatic carbocycles. The Morgan fingerprint density at radius 3 is 1.14 bits per heavy atom. The minimum Gasteiger partial charge on any atom is -0.497 e. The maximum absolute atomic E-state index is 14.6. The lowest BCUT2D eigenvalue weighted by molar-refractivity contribution is 0.122. The number of amides is 6. The van der Waals surface area contributed by atoms with Crippen LogP contribution in [0.1, 0.15) is 85.1 Å². The molecular formula is C107H124N20O11. The molecule has 0 saturated carbocycles. The van der Waals surface area contributed by atoms with Gasteiger partial charge < -0.3 is 73.0 Å². The van der Waals surface area contributed by atoms with Crippen molar-refractivity contribution in [1.82, 2.24) is 44.6 Å². The molecule has 138 heavy (non-hydrogen) atoms. The Morgan fingerprint density at radius 2 is 0.739 bits per heavy atom. The van der Waals surface area contributed by atoms with E-state index in [1.165, 1.54) is 28.2 Å². The van der Waals surface area contributed by atoms with Gasteiger partial charge in [-0.2, -0.15) is 9.97 Å². The van der Waals surface area contributed by atoms with Gasteiger partial charge in [0.15, 0.2) is 11.6 Å². The van der Waals surface area contributed by atoms with Gasteiger partial charge in [-0.1, -0.05) is 67.6 Å². The lowest BCUT2D eigenvalue weighted by Crippen LogP contribution is -2.46. The zero-order valence-corrected chi connectivity index (χ0v) is 81.9. The summed E-state index contributed by atoms with van der Waals surface area (Å²) in [6.07, 6.45) is 5.99. The molecule has 7 aliphatic rings. The van der Waals surface area contributed by atoms with Crippen LogP contribution in [-0.2, 0) is 42.1 Å². The number of fused-ring (bicyclic) bond motifs is 3. The van der Waals surface area contributed by atoms with Gasteiger partial charge in [-0.25, -0.2) is 49.0 Å². The van der Waals surface area contributed by atoms with Crippen LogP contribution in [0, 0.1) is 55.4 Å². The number of hydrogen-bond donors (Lipinski definition) is 2. The van der Waals surface area contributed by atoms with E-state index in [-0.39, 0.29) is 18.1 Å². The average molecular weight is 1870 g/mol. The van der Waals surface area contributed by atoms with E-state index < -0.39 is 0 Å². The number of methoxy groups -OCH3 is 6. The van der Waals surface area contributed by atoms with Gasteiger partial charge in [-0.3, -0.25) is 19.6 Å². The molecule has 4 fully saturated rings. The Morgan fingerprint density at radius 1 is 0.362 bits per heavy atom. The molecule has 10 heterocycles. The zero-order valence-electron chi connectivity index (χ0n) is 81.9. The number of hydrogen-bond acceptors (Lipinski definition) is 25. The lowest BCUT2D eigenvalue weighted by Gasteiger charge is -2.37. The van der Waals surface area contributed by atoms with Crippen LogP contribution in [0.5, 0.6) is 34.5 Å². The maximum atomic E-state index is 14.6. The van der Waals surface area contributed by atoms with Crippen molar-refractivity contribution in [2.75, 3.05) is 216 Å². The molecule has 718 valence electrons. The van der Waals surface area contributed by atoms with Crippen molar-refractivity contribution in [2.24, 2.45) is 0 Å². The first-order chi connectivity index (χ1) is 67.0. The quantitative estimate of drug-likeness (QED) is 0.0569. The smallest absolute Gasteiger partial charge is 0.335 e. The van der Waals surface area contributed by atoms with Crippen LogP contribution in [0.4, 0.5) is 106 Å². The summed E-state index contributed by atoms with van der Waals surface area (Å²) in [5.41, 5.74) is 23.1. The van der Waals surface area contributed by atoms with E-state index in [0.717, 1.165) is 208 Å². The van der Waals surface area contributed by atoms with E-state index in [1.54, 1.807) is 97.8 Å². The summed E-state index contributed by atoms with van der Waals surface area (Å²) < 4.78 is 44.8. The van der Waals surface area contributed by atoms with Gasteiger partial charge >= 0.3 is 18.1 Å². The summed E-state index contributed by atoms with van der Waals surface area (Å²) in [5.74, 6) is 6.40. The number of nitrogens with one attached hydrogen (secondary N) is 2. The van der Waals surface area contributed by atoms with Gasteiger partial charge in [0.25, 0.3) is 0 Å². The summed E-state index contributed by atoms with van der Waals surface area (Å²) >= 11 is 0. The number of aromatic nitrogens is 6. The number of carbonyl (C=O) groups excluding carboxylic acids is 3. The van der Waals surface area contributed by atoms with Gasteiger partial charge in [0.2, 0.25) is 11.9 Å². The Bertz CT molecular complexity index is 6390. The first-order valence-corrected chi connectivity index (χ1v) is 47.2. The number of piperazine rings is 2. The molecule has 7 aliphatic heterocycles. The molecule has 0 atom stereocenters. The lowest BCUT2D eigenvalue weighted by atomic mass is 10.1. The molecule has 9 aromatic carbocycles. The highest BCUT2D eigenvalue weighted by atomic mass is 16.5. The monoisotopic (exact) mass is 1860 g/mol. The van der Waals surface area contributed by atoms with Gasteiger partial charge in [0.05, 0.1) is 123 Å². The largest absolute Gasteiger partial charge is 0.497 e. The topological polar surface area (TPSA) is 265 Å². The second-order valence-corrected chi connectivity index (χ2v) is 35.8. The molecule has 3 aromatic heterocycles. The third-order valence-corrected chi connectivity index (χ3v) is 26.8. The highest BCUT2D eigenvalue weighted by molar-refractivity contribution is 6.14. The fraction of sp³-hybridized carbons (Fsp3) is 0.355. The van der Waals surface area contributed by atoms with Crippen molar-refractivity contribution in [2.45, 2.75) is 94.9 Å². The Hall–Kier alpha value is -14.4. The third-order valence-electron chi connectivity index (χ3n) is 26.8. The number of ether oxygens (including phenoxy) is 8. The van der Waals surface area contributed by atoms with Crippen LogP contribution in [0.2, 0.25) is 0 Å². The minimum atomic E-state index is -0.233. The van der Waals surface area contributed by atoms with Gasteiger partial charge in [-0.15, -0.1) is 0 Å². The van der Waals surface area contributed by atoms with Crippen LogP contribution < -0.4 is 83.2 Å². The molecule has 31 nitrogen and oxygen atoms in total. The molecule has 2 N–H and O–H groups in total. The zero-order chi connectivity index (χ0) is 96.5. The first-order valence-electron chi connectivity index (χ1n) is 47.2. The van der Waals surface area contributed by atoms with Crippen molar-refractivity contribution in [3.05, 3.63) is 261 Å². The molecule has 4 saturated heterocycles. The van der Waals surface area contributed by atoms with Crippen molar-refractivity contribution < 1.29 is 52.3 Å². The summed E-state index contributed by atoms with van der Waals surface area (Å²) in [5, 5.41) is 6.74. The fourth-order valence-corrected chi connectivity index (χ4v) is 19.3. The van der Waals surface area contributed by atoms with Crippen LogP contribution in [0.15, 0.2) is 182 Å². The normalized spacial score (nSPS) is 15.9. The number of aryl methyl sites for hydroxylation is 8. The molecule has 0 unspecified atom stereocenters. The Balaban J connectivity index is 0.000000144. The number of carbonyl (C=O) groups is 3. The van der Waals surface area contributed by atoms with Crippen molar-refractivity contribution in [3.63, 3.8) is 0 Å². The summed E-state index contributed by atoms with van der Waals surface area (Å²) in [6.45, 7) is 36.5. The SMILES string of the molecule is CCN1CCN(Cc2ccc(Nc3ncc4c(n3)N(c3ccc(OC)cc3OC)C(=O)N(c3c(C)cccc3C)C4)cc2C)CC1.COc1ccc(N2C(=O)N(c3c(C)cccc3C)Cc3cnc(Cc4cc(N5CCOCC5)cc(N5CCN(C)CC5)c4)nc32)c(OC)c1.COc1ccc(N2C(=O)N(c3c(C)cccc3C)Cc3cnc(Nc4ccc(N5CCOCC5)c(C)c4)nc32)c(OC)c1. The number of rotatable bonds is 24. The van der Waals surface area contributed by atoms with E-state index in [4.69, 9.17) is 62.8 Å². The van der Waals surface area contributed by atoms with E-state index in [2.05, 4.69) is 121 Å².